The zero-order valence-electron chi connectivity index (χ0n) is 10.1. The number of halogens is 3. The summed E-state index contributed by atoms with van der Waals surface area (Å²) >= 11 is 1.05. The van der Waals surface area contributed by atoms with Crippen molar-refractivity contribution in [2.24, 2.45) is 5.73 Å². The molecule has 2 aromatic rings. The van der Waals surface area contributed by atoms with Gasteiger partial charge in [0.2, 0.25) is 0 Å². The van der Waals surface area contributed by atoms with Gasteiger partial charge in [-0.3, -0.25) is 0 Å². The maximum atomic E-state index is 12.7. The molecule has 2 nitrogen and oxygen atoms in total. The fourth-order valence-corrected chi connectivity index (χ4v) is 2.73. The summed E-state index contributed by atoms with van der Waals surface area (Å²) in [6.07, 6.45) is -3.25. The van der Waals surface area contributed by atoms with Gasteiger partial charge in [-0.1, -0.05) is 30.3 Å². The fourth-order valence-electron chi connectivity index (χ4n) is 1.76. The van der Waals surface area contributed by atoms with E-state index in [4.69, 9.17) is 5.73 Å². The van der Waals surface area contributed by atoms with Crippen molar-refractivity contribution in [3.63, 3.8) is 0 Å². The first kappa shape index (κ1) is 14.0. The van der Waals surface area contributed by atoms with E-state index in [-0.39, 0.29) is 11.4 Å². The second-order valence-electron chi connectivity index (χ2n) is 4.07. The van der Waals surface area contributed by atoms with Crippen LogP contribution in [0.4, 0.5) is 13.2 Å². The molecule has 0 atom stereocenters. The Morgan fingerprint density at radius 3 is 2.32 bits per heavy atom. The Morgan fingerprint density at radius 1 is 1.11 bits per heavy atom. The zero-order valence-corrected chi connectivity index (χ0v) is 10.9. The number of benzene rings is 1. The molecular weight excluding hydrogens is 273 g/mol. The third-order valence-electron chi connectivity index (χ3n) is 2.67. The number of nitrogens with zero attached hydrogens (tertiary/aromatic N) is 1. The SMILES string of the molecule is NCc1sc(CCc2ccccc2)nc1C(F)(F)F. The third kappa shape index (κ3) is 3.54. The summed E-state index contributed by atoms with van der Waals surface area (Å²) in [5.41, 5.74) is 5.59. The highest BCUT2D eigenvalue weighted by Crippen LogP contribution is 2.34. The molecule has 2 rings (SSSR count). The van der Waals surface area contributed by atoms with Crippen molar-refractivity contribution in [2.45, 2.75) is 25.6 Å². The van der Waals surface area contributed by atoms with E-state index in [0.29, 0.717) is 17.8 Å². The van der Waals surface area contributed by atoms with E-state index in [1.165, 1.54) is 0 Å². The molecule has 0 saturated carbocycles. The Bertz CT molecular complexity index is 535. The molecule has 0 fully saturated rings. The molecule has 0 aliphatic rings. The molecule has 1 aromatic carbocycles. The monoisotopic (exact) mass is 286 g/mol. The van der Waals surface area contributed by atoms with Crippen LogP contribution in [0.15, 0.2) is 30.3 Å². The van der Waals surface area contributed by atoms with Crippen molar-refractivity contribution in [3.05, 3.63) is 51.5 Å². The van der Waals surface area contributed by atoms with Crippen molar-refractivity contribution in [3.8, 4) is 0 Å². The smallest absolute Gasteiger partial charge is 0.326 e. The second-order valence-corrected chi connectivity index (χ2v) is 5.24. The van der Waals surface area contributed by atoms with Crippen LogP contribution < -0.4 is 5.73 Å². The molecule has 1 aromatic heterocycles. The van der Waals surface area contributed by atoms with Crippen molar-refractivity contribution in [1.29, 1.82) is 0 Å². The van der Waals surface area contributed by atoms with E-state index in [0.717, 1.165) is 16.9 Å². The van der Waals surface area contributed by atoms with Crippen LogP contribution in [-0.4, -0.2) is 4.98 Å². The van der Waals surface area contributed by atoms with Crippen LogP contribution in [-0.2, 0) is 25.6 Å². The topological polar surface area (TPSA) is 38.9 Å². The lowest BCUT2D eigenvalue weighted by Gasteiger charge is -2.03. The van der Waals surface area contributed by atoms with Gasteiger partial charge in [-0.2, -0.15) is 13.2 Å². The lowest BCUT2D eigenvalue weighted by Crippen LogP contribution is -2.10. The van der Waals surface area contributed by atoms with Crippen LogP contribution >= 0.6 is 11.3 Å². The minimum atomic E-state index is -4.42. The molecule has 0 unspecified atom stereocenters. The third-order valence-corrected chi connectivity index (χ3v) is 3.80. The van der Waals surface area contributed by atoms with Crippen LogP contribution in [0.1, 0.15) is 21.1 Å². The molecule has 0 spiro atoms. The maximum absolute atomic E-state index is 12.7. The van der Waals surface area contributed by atoms with E-state index < -0.39 is 11.9 Å². The van der Waals surface area contributed by atoms with Crippen LogP contribution in [0.25, 0.3) is 0 Å². The number of hydrogen-bond acceptors (Lipinski definition) is 3. The number of thiazole rings is 1. The average Bonchev–Trinajstić information content (AvgIpc) is 2.81. The predicted octanol–water partition coefficient (Wildman–Crippen LogP) is 3.41. The summed E-state index contributed by atoms with van der Waals surface area (Å²) in [7, 11) is 0. The van der Waals surface area contributed by atoms with Crippen molar-refractivity contribution in [1.82, 2.24) is 4.98 Å². The van der Waals surface area contributed by atoms with Gasteiger partial charge < -0.3 is 5.73 Å². The first-order valence-corrected chi connectivity index (χ1v) is 6.62. The van der Waals surface area contributed by atoms with Crippen molar-refractivity contribution >= 4 is 11.3 Å². The fraction of sp³-hybridized carbons (Fsp3) is 0.308. The maximum Gasteiger partial charge on any atom is 0.434 e. The van der Waals surface area contributed by atoms with Crippen LogP contribution in [0.2, 0.25) is 0 Å². The highest BCUT2D eigenvalue weighted by atomic mass is 32.1. The van der Waals surface area contributed by atoms with Crippen LogP contribution in [0.3, 0.4) is 0 Å². The molecular formula is C13H13F3N2S. The number of nitrogens with two attached hydrogens (primary N) is 1. The summed E-state index contributed by atoms with van der Waals surface area (Å²) in [5.74, 6) is 0. The van der Waals surface area contributed by atoms with Gasteiger partial charge in [0.25, 0.3) is 0 Å². The Hall–Kier alpha value is -1.40. The van der Waals surface area contributed by atoms with Gasteiger partial charge in [-0.05, 0) is 12.0 Å². The zero-order chi connectivity index (χ0) is 13.9. The summed E-state index contributed by atoms with van der Waals surface area (Å²) in [6, 6.07) is 9.61. The quantitative estimate of drug-likeness (QED) is 0.935. The standard InChI is InChI=1S/C13H13F3N2S/c14-13(15,16)12-10(8-17)19-11(18-12)7-6-9-4-2-1-3-5-9/h1-5H,6-8,17H2. The van der Waals surface area contributed by atoms with Crippen LogP contribution in [0.5, 0.6) is 0 Å². The minimum absolute atomic E-state index is 0.107. The van der Waals surface area contributed by atoms with Gasteiger partial charge >= 0.3 is 6.18 Å². The van der Waals surface area contributed by atoms with Crippen molar-refractivity contribution in [2.75, 3.05) is 0 Å². The Morgan fingerprint density at radius 2 is 1.79 bits per heavy atom. The molecule has 1 heterocycles. The minimum Gasteiger partial charge on any atom is -0.326 e. The van der Waals surface area contributed by atoms with Gasteiger partial charge in [0.15, 0.2) is 5.69 Å². The Labute approximate surface area is 113 Å². The average molecular weight is 286 g/mol. The van der Waals surface area contributed by atoms with Crippen molar-refractivity contribution < 1.29 is 13.2 Å². The van der Waals surface area contributed by atoms with Gasteiger partial charge in [0.05, 0.1) is 9.88 Å². The van der Waals surface area contributed by atoms with Crippen LogP contribution in [0, 0.1) is 0 Å². The van der Waals surface area contributed by atoms with E-state index >= 15 is 0 Å². The summed E-state index contributed by atoms with van der Waals surface area (Å²) in [4.78, 5) is 3.79. The molecule has 0 radical (unpaired) electrons. The lowest BCUT2D eigenvalue weighted by molar-refractivity contribution is -0.141. The second kappa shape index (κ2) is 5.71. The number of alkyl halides is 3. The highest BCUT2D eigenvalue weighted by molar-refractivity contribution is 7.11. The number of aromatic nitrogens is 1. The van der Waals surface area contributed by atoms with E-state index in [1.807, 2.05) is 30.3 Å². The highest BCUT2D eigenvalue weighted by Gasteiger charge is 2.36. The molecule has 2 N–H and O–H groups in total. The van der Waals surface area contributed by atoms with Gasteiger partial charge in [0, 0.05) is 13.0 Å². The largest absolute Gasteiger partial charge is 0.434 e. The lowest BCUT2D eigenvalue weighted by atomic mass is 10.1. The van der Waals surface area contributed by atoms with E-state index in [9.17, 15) is 13.2 Å². The Balaban J connectivity index is 2.12. The van der Waals surface area contributed by atoms with Gasteiger partial charge in [0.1, 0.15) is 0 Å². The molecule has 0 amide bonds. The summed E-state index contributed by atoms with van der Waals surface area (Å²) in [5, 5.41) is 0.483. The molecule has 0 aliphatic heterocycles. The van der Waals surface area contributed by atoms with E-state index in [2.05, 4.69) is 4.98 Å². The summed E-state index contributed by atoms with van der Waals surface area (Å²) in [6.45, 7) is -0.127. The molecule has 102 valence electrons. The molecule has 19 heavy (non-hydrogen) atoms. The van der Waals surface area contributed by atoms with E-state index in [1.54, 1.807) is 0 Å². The first-order valence-electron chi connectivity index (χ1n) is 5.80. The molecule has 0 aliphatic carbocycles. The summed E-state index contributed by atoms with van der Waals surface area (Å²) < 4.78 is 38.1. The number of hydrogen-bond donors (Lipinski definition) is 1. The first-order chi connectivity index (χ1) is 9.00. The molecule has 6 heteroatoms. The normalized spacial score (nSPS) is 11.8. The molecule has 0 bridgehead atoms. The van der Waals surface area contributed by atoms with Gasteiger partial charge in [-0.25, -0.2) is 4.98 Å². The number of aryl methyl sites for hydroxylation is 2. The predicted molar refractivity (Wildman–Crippen MR) is 68.9 cm³/mol. The number of rotatable bonds is 4. The molecule has 0 saturated heterocycles. The van der Waals surface area contributed by atoms with Gasteiger partial charge in [-0.15, -0.1) is 11.3 Å². The Kier molecular flexibility index (Phi) is 4.21.